The fraction of sp³-hybridized carbons (Fsp3) is 0. The van der Waals surface area contributed by atoms with E-state index in [4.69, 9.17) is 0 Å². The van der Waals surface area contributed by atoms with Crippen LogP contribution < -0.4 is 0 Å². The molecule has 4 nitrogen and oxygen atoms in total. The maximum absolute atomic E-state index is 13.7. The van der Waals surface area contributed by atoms with E-state index in [9.17, 15) is 27.5 Å². The Morgan fingerprint density at radius 2 is 1.62 bits per heavy atom. The number of aromatic carboxylic acids is 1. The van der Waals surface area contributed by atoms with Gasteiger partial charge in [0.15, 0.2) is 17.3 Å². The Bertz CT molecular complexity index is 1010. The van der Waals surface area contributed by atoms with Crippen LogP contribution in [-0.2, 0) is 0 Å². The first-order valence-electron chi connectivity index (χ1n) is 7.27. The molecule has 0 saturated carbocycles. The zero-order chi connectivity index (χ0) is 18.8. The second-order valence-electron chi connectivity index (χ2n) is 5.21. The molecule has 0 aliphatic rings. The number of hydrogen-bond acceptors (Lipinski definition) is 2. The summed E-state index contributed by atoms with van der Waals surface area (Å²) in [7, 11) is 0. The lowest BCUT2D eigenvalue weighted by Gasteiger charge is -2.08. The zero-order valence-electron chi connectivity index (χ0n) is 13.0. The largest absolute Gasteiger partial charge is 0.477 e. The Hall–Kier alpha value is -3.42. The van der Waals surface area contributed by atoms with Crippen molar-refractivity contribution < 1.29 is 27.5 Å². The van der Waals surface area contributed by atoms with Crippen molar-refractivity contribution in [3.63, 3.8) is 0 Å². The van der Waals surface area contributed by atoms with Gasteiger partial charge < -0.3 is 5.11 Å². The summed E-state index contributed by atoms with van der Waals surface area (Å²) >= 11 is 0. The van der Waals surface area contributed by atoms with E-state index >= 15 is 0 Å². The van der Waals surface area contributed by atoms with Gasteiger partial charge in [0, 0.05) is 11.3 Å². The average molecular weight is 362 g/mol. The fourth-order valence-corrected chi connectivity index (χ4v) is 2.35. The summed E-state index contributed by atoms with van der Waals surface area (Å²) in [5.41, 5.74) is -0.590. The lowest BCUT2D eigenvalue weighted by Crippen LogP contribution is -2.08. The summed E-state index contributed by atoms with van der Waals surface area (Å²) in [6.07, 6.45) is 3.13. The Labute approximate surface area is 144 Å². The van der Waals surface area contributed by atoms with Gasteiger partial charge in [-0.15, -0.1) is 0 Å². The van der Waals surface area contributed by atoms with Gasteiger partial charge in [-0.3, -0.25) is 4.57 Å². The van der Waals surface area contributed by atoms with Crippen LogP contribution in [0.1, 0.15) is 21.9 Å². The van der Waals surface area contributed by atoms with Gasteiger partial charge >= 0.3 is 5.97 Å². The standard InChI is InChI=1S/C18H10F4N2O2/c19-10-1-3-11(4-2-10)24-15(18(25)26)9-23-16(24)8-5-12-13(20)6-7-14(21)17(12)22/h1-9H,(H,25,26)/b8-5+. The lowest BCUT2D eigenvalue weighted by atomic mass is 10.1. The van der Waals surface area contributed by atoms with Gasteiger partial charge in [0.2, 0.25) is 0 Å². The van der Waals surface area contributed by atoms with Crippen molar-refractivity contribution in [1.82, 2.24) is 9.55 Å². The monoisotopic (exact) mass is 362 g/mol. The summed E-state index contributed by atoms with van der Waals surface area (Å²) in [4.78, 5) is 15.3. The average Bonchev–Trinajstić information content (AvgIpc) is 3.03. The number of carboxylic acids is 1. The molecule has 1 aromatic heterocycles. The number of hydrogen-bond donors (Lipinski definition) is 1. The minimum Gasteiger partial charge on any atom is -0.477 e. The maximum Gasteiger partial charge on any atom is 0.354 e. The molecule has 0 unspecified atom stereocenters. The molecule has 2 aromatic carbocycles. The Balaban J connectivity index is 2.11. The fourth-order valence-electron chi connectivity index (χ4n) is 2.35. The van der Waals surface area contributed by atoms with Crippen LogP contribution in [0.3, 0.4) is 0 Å². The molecule has 0 spiro atoms. The van der Waals surface area contributed by atoms with Crippen molar-refractivity contribution in [3.8, 4) is 5.69 Å². The van der Waals surface area contributed by atoms with Gasteiger partial charge in [-0.05, 0) is 48.6 Å². The summed E-state index contributed by atoms with van der Waals surface area (Å²) in [6, 6.07) is 6.33. The van der Waals surface area contributed by atoms with Gasteiger partial charge in [0.25, 0.3) is 0 Å². The van der Waals surface area contributed by atoms with Crippen LogP contribution in [-0.4, -0.2) is 20.6 Å². The molecule has 0 atom stereocenters. The number of imidazole rings is 1. The molecule has 1 N–H and O–H groups in total. The van der Waals surface area contributed by atoms with Gasteiger partial charge in [-0.2, -0.15) is 0 Å². The predicted molar refractivity (Wildman–Crippen MR) is 85.7 cm³/mol. The van der Waals surface area contributed by atoms with Crippen LogP contribution in [0.25, 0.3) is 17.8 Å². The quantitative estimate of drug-likeness (QED) is 0.556. The van der Waals surface area contributed by atoms with E-state index in [1.807, 2.05) is 0 Å². The first-order chi connectivity index (χ1) is 12.4. The third-order valence-corrected chi connectivity index (χ3v) is 3.57. The normalized spacial score (nSPS) is 11.2. The SMILES string of the molecule is O=C(O)c1cnc(/C=C/c2c(F)ccc(F)c2F)n1-c1ccc(F)cc1. The summed E-state index contributed by atoms with van der Waals surface area (Å²) < 4.78 is 55.0. The lowest BCUT2D eigenvalue weighted by molar-refractivity contribution is 0.0688. The predicted octanol–water partition coefficient (Wildman–Crippen LogP) is 4.30. The van der Waals surface area contributed by atoms with E-state index in [-0.39, 0.29) is 17.2 Å². The third-order valence-electron chi connectivity index (χ3n) is 3.57. The van der Waals surface area contributed by atoms with Gasteiger partial charge in [0.1, 0.15) is 17.5 Å². The molecule has 0 saturated heterocycles. The number of benzene rings is 2. The Kier molecular flexibility index (Phi) is 4.57. The van der Waals surface area contributed by atoms with Gasteiger partial charge in [-0.1, -0.05) is 0 Å². The van der Waals surface area contributed by atoms with Crippen molar-refractivity contribution in [3.05, 3.63) is 82.9 Å². The summed E-state index contributed by atoms with van der Waals surface area (Å²) in [5, 5.41) is 9.28. The van der Waals surface area contributed by atoms with Crippen molar-refractivity contribution in [1.29, 1.82) is 0 Å². The van der Waals surface area contributed by atoms with Crippen molar-refractivity contribution >= 4 is 18.1 Å². The number of carboxylic acid groups (broad SMARTS) is 1. The Morgan fingerprint density at radius 3 is 2.27 bits per heavy atom. The Morgan fingerprint density at radius 1 is 0.962 bits per heavy atom. The molecule has 3 aromatic rings. The highest BCUT2D eigenvalue weighted by Crippen LogP contribution is 2.21. The number of carbonyl (C=O) groups is 1. The van der Waals surface area contributed by atoms with Crippen LogP contribution >= 0.6 is 0 Å². The highest BCUT2D eigenvalue weighted by Gasteiger charge is 2.17. The van der Waals surface area contributed by atoms with Crippen molar-refractivity contribution in [2.24, 2.45) is 0 Å². The van der Waals surface area contributed by atoms with E-state index in [1.165, 1.54) is 12.1 Å². The van der Waals surface area contributed by atoms with Crippen molar-refractivity contribution in [2.45, 2.75) is 0 Å². The molecule has 0 fully saturated rings. The molecule has 26 heavy (non-hydrogen) atoms. The van der Waals surface area contributed by atoms with Crippen molar-refractivity contribution in [2.75, 3.05) is 0 Å². The van der Waals surface area contributed by atoms with Gasteiger partial charge in [0.05, 0.1) is 6.20 Å². The second kappa shape index (κ2) is 6.83. The first kappa shape index (κ1) is 17.4. The molecule has 0 amide bonds. The molecule has 0 aliphatic carbocycles. The minimum absolute atomic E-state index is 0.0112. The van der Waals surface area contributed by atoms with Crippen LogP contribution in [0.4, 0.5) is 17.6 Å². The molecule has 0 bridgehead atoms. The number of aromatic nitrogens is 2. The minimum atomic E-state index is -1.38. The number of halogens is 4. The van der Waals surface area contributed by atoms with Crippen LogP contribution in [0, 0.1) is 23.3 Å². The first-order valence-corrected chi connectivity index (χ1v) is 7.27. The molecule has 3 rings (SSSR count). The zero-order valence-corrected chi connectivity index (χ0v) is 13.0. The number of nitrogens with zero attached hydrogens (tertiary/aromatic N) is 2. The highest BCUT2D eigenvalue weighted by atomic mass is 19.2. The topological polar surface area (TPSA) is 55.1 Å². The summed E-state index contributed by atoms with van der Waals surface area (Å²) in [5.74, 6) is -5.40. The molecule has 0 aliphatic heterocycles. The van der Waals surface area contributed by atoms with E-state index in [1.54, 1.807) is 0 Å². The second-order valence-corrected chi connectivity index (χ2v) is 5.21. The molecule has 0 radical (unpaired) electrons. The third kappa shape index (κ3) is 3.21. The van der Waals surface area contributed by atoms with E-state index in [0.717, 1.165) is 41.1 Å². The maximum atomic E-state index is 13.7. The molecule has 1 heterocycles. The van der Waals surface area contributed by atoms with Crippen LogP contribution in [0.5, 0.6) is 0 Å². The molecular formula is C18H10F4N2O2. The highest BCUT2D eigenvalue weighted by molar-refractivity contribution is 5.87. The number of rotatable bonds is 4. The van der Waals surface area contributed by atoms with E-state index < -0.39 is 34.8 Å². The van der Waals surface area contributed by atoms with Crippen LogP contribution in [0.2, 0.25) is 0 Å². The molecule has 132 valence electrons. The van der Waals surface area contributed by atoms with Gasteiger partial charge in [-0.25, -0.2) is 27.3 Å². The van der Waals surface area contributed by atoms with E-state index in [2.05, 4.69) is 4.98 Å². The molecular weight excluding hydrogens is 352 g/mol. The van der Waals surface area contributed by atoms with Crippen LogP contribution in [0.15, 0.2) is 42.6 Å². The summed E-state index contributed by atoms with van der Waals surface area (Å²) in [6.45, 7) is 0. The van der Waals surface area contributed by atoms with E-state index in [0.29, 0.717) is 6.07 Å². The molecule has 8 heteroatoms. The smallest absolute Gasteiger partial charge is 0.354 e.